The number of fused-ring (bicyclic) bond motifs is 10. The maximum absolute atomic E-state index is 14.3. The fraction of sp³-hybridized carbons (Fsp3) is 0.0811. The van der Waals surface area contributed by atoms with Gasteiger partial charge in [0.1, 0.15) is 5.52 Å². The summed E-state index contributed by atoms with van der Waals surface area (Å²) in [5.41, 5.74) is 8.56. The van der Waals surface area contributed by atoms with Crippen LogP contribution in [0.5, 0.6) is 0 Å². The molecule has 4 aromatic heterocycles. The third-order valence-electron chi connectivity index (χ3n) is 9.11. The fourth-order valence-electron chi connectivity index (χ4n) is 7.13. The molecule has 0 saturated heterocycles. The molecular formula is C37H25N5O. The van der Waals surface area contributed by atoms with E-state index >= 15 is 0 Å². The average Bonchev–Trinajstić information content (AvgIpc) is 3.51. The summed E-state index contributed by atoms with van der Waals surface area (Å²) in [6.07, 6.45) is 5.26. The van der Waals surface area contributed by atoms with Gasteiger partial charge in [-0.1, -0.05) is 86.6 Å². The van der Waals surface area contributed by atoms with Gasteiger partial charge in [0, 0.05) is 50.6 Å². The first kappa shape index (κ1) is 24.0. The molecular weight excluding hydrogens is 530 g/mol. The Bertz CT molecular complexity index is 2510. The van der Waals surface area contributed by atoms with Crippen LogP contribution in [0, 0.1) is 0 Å². The Morgan fingerprint density at radius 3 is 2.30 bits per heavy atom. The molecule has 4 heterocycles. The third-order valence-corrected chi connectivity index (χ3v) is 9.11. The molecule has 0 N–H and O–H groups in total. The van der Waals surface area contributed by atoms with Crippen LogP contribution in [-0.2, 0) is 5.41 Å². The van der Waals surface area contributed by atoms with Gasteiger partial charge in [-0.2, -0.15) is 0 Å². The Kier molecular flexibility index (Phi) is 4.72. The van der Waals surface area contributed by atoms with Crippen LogP contribution in [0.15, 0.2) is 120 Å². The second-order valence-corrected chi connectivity index (χ2v) is 11.7. The van der Waals surface area contributed by atoms with Crippen LogP contribution >= 0.6 is 0 Å². The monoisotopic (exact) mass is 555 g/mol. The van der Waals surface area contributed by atoms with Gasteiger partial charge in [-0.05, 0) is 41.0 Å². The molecule has 9 rings (SSSR count). The highest BCUT2D eigenvalue weighted by atomic mass is 16.1. The quantitative estimate of drug-likeness (QED) is 0.205. The minimum atomic E-state index is -0.206. The zero-order valence-electron chi connectivity index (χ0n) is 23.6. The van der Waals surface area contributed by atoms with Crippen LogP contribution in [0.3, 0.4) is 0 Å². The van der Waals surface area contributed by atoms with E-state index < -0.39 is 0 Å². The lowest BCUT2D eigenvalue weighted by atomic mass is 9.82. The molecule has 6 nitrogen and oxygen atoms in total. The Morgan fingerprint density at radius 1 is 0.651 bits per heavy atom. The fourth-order valence-corrected chi connectivity index (χ4v) is 7.13. The highest BCUT2D eigenvalue weighted by Crippen LogP contribution is 2.52. The summed E-state index contributed by atoms with van der Waals surface area (Å²) in [6.45, 7) is 4.57. The number of nitrogens with zero attached hydrogens (tertiary/aromatic N) is 5. The summed E-state index contributed by atoms with van der Waals surface area (Å²) in [5, 5.41) is 3.84. The van der Waals surface area contributed by atoms with E-state index in [1.54, 1.807) is 23.2 Å². The van der Waals surface area contributed by atoms with Crippen molar-refractivity contribution in [3.63, 3.8) is 0 Å². The molecule has 0 amide bonds. The van der Waals surface area contributed by atoms with Crippen molar-refractivity contribution in [1.29, 1.82) is 0 Å². The first-order valence-electron chi connectivity index (χ1n) is 14.4. The Morgan fingerprint density at radius 2 is 1.42 bits per heavy atom. The molecule has 4 aromatic carbocycles. The lowest BCUT2D eigenvalue weighted by molar-refractivity contribution is 0.661. The standard InChI is InChI=1S/C37H25N5O/c1-37(2)28-14-8-6-13-26(28)32-29(37)17-16-25-23-12-7-9-15-30(23)42(34(25)32)36-39-20-27-24-18-19-38-21-31(24)41(35(43)33(27)40-36)22-10-4-3-5-11-22/h3-21H,1-2H3. The van der Waals surface area contributed by atoms with E-state index in [9.17, 15) is 4.79 Å². The minimum Gasteiger partial charge on any atom is -0.277 e. The minimum absolute atomic E-state index is 0.151. The molecule has 0 aliphatic heterocycles. The normalized spacial score (nSPS) is 13.6. The number of benzene rings is 4. The number of para-hydroxylation sites is 2. The van der Waals surface area contributed by atoms with Crippen LogP contribution in [0.1, 0.15) is 25.0 Å². The summed E-state index contributed by atoms with van der Waals surface area (Å²) < 4.78 is 3.84. The van der Waals surface area contributed by atoms with E-state index in [1.807, 2.05) is 42.5 Å². The van der Waals surface area contributed by atoms with Gasteiger partial charge in [0.2, 0.25) is 5.95 Å². The molecule has 8 aromatic rings. The van der Waals surface area contributed by atoms with Crippen molar-refractivity contribution in [1.82, 2.24) is 24.1 Å². The van der Waals surface area contributed by atoms with E-state index in [0.29, 0.717) is 16.9 Å². The van der Waals surface area contributed by atoms with Gasteiger partial charge in [-0.3, -0.25) is 18.9 Å². The molecule has 0 bridgehead atoms. The summed E-state index contributed by atoms with van der Waals surface area (Å²) in [6, 6.07) is 33.1. The Hall–Kier alpha value is -5.62. The van der Waals surface area contributed by atoms with Crippen LogP contribution in [0.4, 0.5) is 0 Å². The van der Waals surface area contributed by atoms with E-state index in [0.717, 1.165) is 38.4 Å². The van der Waals surface area contributed by atoms with Gasteiger partial charge in [0.15, 0.2) is 0 Å². The molecule has 1 aliphatic rings. The number of aromatic nitrogens is 5. The van der Waals surface area contributed by atoms with Crippen LogP contribution in [-0.4, -0.2) is 24.1 Å². The topological polar surface area (TPSA) is 65.6 Å². The van der Waals surface area contributed by atoms with Crippen molar-refractivity contribution in [2.75, 3.05) is 0 Å². The summed E-state index contributed by atoms with van der Waals surface area (Å²) >= 11 is 0. The van der Waals surface area contributed by atoms with Crippen LogP contribution in [0.25, 0.3) is 66.4 Å². The SMILES string of the molecule is CC1(C)c2ccccc2-c2c1ccc1c3ccccc3n(-c3ncc4c(n3)c(=O)n(-c3ccccc3)c3cnccc43)c21. The Labute approximate surface area is 246 Å². The smallest absolute Gasteiger partial charge is 0.277 e. The molecule has 204 valence electrons. The van der Waals surface area contributed by atoms with Gasteiger partial charge in [0.05, 0.1) is 22.7 Å². The second kappa shape index (κ2) is 8.46. The molecule has 0 saturated carbocycles. The Balaban J connectivity index is 1.43. The van der Waals surface area contributed by atoms with Crippen LogP contribution in [0.2, 0.25) is 0 Å². The van der Waals surface area contributed by atoms with Crippen LogP contribution < -0.4 is 5.56 Å². The average molecular weight is 556 g/mol. The van der Waals surface area contributed by atoms with Gasteiger partial charge in [-0.15, -0.1) is 0 Å². The maximum Gasteiger partial charge on any atom is 0.282 e. The number of hydrogen-bond donors (Lipinski definition) is 0. The first-order valence-corrected chi connectivity index (χ1v) is 14.4. The lowest BCUT2D eigenvalue weighted by Gasteiger charge is -2.21. The second-order valence-electron chi connectivity index (χ2n) is 11.7. The molecule has 0 atom stereocenters. The number of pyridine rings is 2. The van der Waals surface area contributed by atoms with E-state index in [2.05, 4.69) is 78.0 Å². The molecule has 0 spiro atoms. The number of hydrogen-bond acceptors (Lipinski definition) is 4. The summed E-state index contributed by atoms with van der Waals surface area (Å²) in [5.74, 6) is 0.472. The van der Waals surface area contributed by atoms with Gasteiger partial charge in [-0.25, -0.2) is 9.97 Å². The number of rotatable bonds is 2. The highest BCUT2D eigenvalue weighted by Gasteiger charge is 2.37. The van der Waals surface area contributed by atoms with Crippen molar-refractivity contribution < 1.29 is 0 Å². The van der Waals surface area contributed by atoms with Crippen molar-refractivity contribution in [2.45, 2.75) is 19.3 Å². The van der Waals surface area contributed by atoms with Gasteiger partial charge in [0.25, 0.3) is 5.56 Å². The highest BCUT2D eigenvalue weighted by molar-refractivity contribution is 6.15. The van der Waals surface area contributed by atoms with Crippen molar-refractivity contribution in [2.24, 2.45) is 0 Å². The predicted molar refractivity (Wildman–Crippen MR) is 172 cm³/mol. The van der Waals surface area contributed by atoms with Crippen molar-refractivity contribution in [3.05, 3.63) is 137 Å². The maximum atomic E-state index is 14.3. The van der Waals surface area contributed by atoms with Gasteiger partial charge < -0.3 is 0 Å². The van der Waals surface area contributed by atoms with Crippen molar-refractivity contribution in [3.8, 4) is 22.8 Å². The molecule has 6 heteroatoms. The lowest BCUT2D eigenvalue weighted by Crippen LogP contribution is -2.21. The van der Waals surface area contributed by atoms with Crippen molar-refractivity contribution >= 4 is 43.6 Å². The summed E-state index contributed by atoms with van der Waals surface area (Å²) in [4.78, 5) is 28.6. The van der Waals surface area contributed by atoms with E-state index in [1.165, 1.54) is 22.3 Å². The largest absolute Gasteiger partial charge is 0.282 e. The first-order chi connectivity index (χ1) is 21.0. The molecule has 0 fully saturated rings. The van der Waals surface area contributed by atoms with E-state index in [4.69, 9.17) is 9.97 Å². The van der Waals surface area contributed by atoms with Gasteiger partial charge >= 0.3 is 0 Å². The molecule has 0 radical (unpaired) electrons. The van der Waals surface area contributed by atoms with E-state index in [-0.39, 0.29) is 11.0 Å². The summed E-state index contributed by atoms with van der Waals surface area (Å²) in [7, 11) is 0. The zero-order valence-corrected chi connectivity index (χ0v) is 23.6. The third kappa shape index (κ3) is 3.12. The molecule has 0 unspecified atom stereocenters. The molecule has 1 aliphatic carbocycles. The zero-order chi connectivity index (χ0) is 28.9. The molecule has 43 heavy (non-hydrogen) atoms. The predicted octanol–water partition coefficient (Wildman–Crippen LogP) is 7.73.